The fraction of sp³-hybridized carbons (Fsp3) is 0.733. The molecular weight excluding hydrogens is 266 g/mol. The molecule has 1 aromatic heterocycles. The van der Waals surface area contributed by atoms with Crippen LogP contribution in [-0.2, 0) is 13.0 Å². The van der Waals surface area contributed by atoms with Crippen molar-refractivity contribution in [2.45, 2.75) is 26.3 Å². The molecule has 0 radical (unpaired) electrons. The third-order valence-corrected chi connectivity index (χ3v) is 4.55. The number of carbonyl (C=O) groups excluding carboxylic acids is 1. The minimum Gasteiger partial charge on any atom is -0.335 e. The first-order chi connectivity index (χ1) is 10.2. The highest BCUT2D eigenvalue weighted by Crippen LogP contribution is 2.21. The van der Waals surface area contributed by atoms with Gasteiger partial charge in [0.1, 0.15) is 0 Å². The lowest BCUT2D eigenvalue weighted by Crippen LogP contribution is -2.47. The van der Waals surface area contributed by atoms with Gasteiger partial charge in [0.25, 0.3) is 5.91 Å². The molecule has 1 fully saturated rings. The topological polar surface area (TPSA) is 55.5 Å². The SMILES string of the molecule is CCCN1CCc2c(C(=O)N3CCN(C)CC3)n[nH]c2C1. The maximum Gasteiger partial charge on any atom is 0.274 e. The molecule has 21 heavy (non-hydrogen) atoms. The molecular formula is C15H25N5O. The fourth-order valence-corrected chi connectivity index (χ4v) is 3.22. The molecule has 3 heterocycles. The Balaban J connectivity index is 1.71. The van der Waals surface area contributed by atoms with Crippen molar-refractivity contribution < 1.29 is 4.79 Å². The van der Waals surface area contributed by atoms with Crippen molar-refractivity contribution in [3.05, 3.63) is 17.0 Å². The molecule has 1 N–H and O–H groups in total. The van der Waals surface area contributed by atoms with Gasteiger partial charge in [-0.25, -0.2) is 0 Å². The van der Waals surface area contributed by atoms with Crippen molar-refractivity contribution in [1.29, 1.82) is 0 Å². The summed E-state index contributed by atoms with van der Waals surface area (Å²) in [5, 5.41) is 7.42. The van der Waals surface area contributed by atoms with E-state index in [9.17, 15) is 4.79 Å². The van der Waals surface area contributed by atoms with Crippen molar-refractivity contribution in [3.8, 4) is 0 Å². The monoisotopic (exact) mass is 291 g/mol. The molecule has 0 spiro atoms. The van der Waals surface area contributed by atoms with Crippen LogP contribution in [0.3, 0.4) is 0 Å². The average molecular weight is 291 g/mol. The Morgan fingerprint density at radius 2 is 2.00 bits per heavy atom. The lowest BCUT2D eigenvalue weighted by molar-refractivity contribution is 0.0656. The Labute approximate surface area is 126 Å². The van der Waals surface area contributed by atoms with Gasteiger partial charge in [-0.05, 0) is 26.4 Å². The van der Waals surface area contributed by atoms with Crippen molar-refractivity contribution in [1.82, 2.24) is 24.9 Å². The normalized spacial score (nSPS) is 20.6. The molecule has 3 rings (SSSR count). The Kier molecular flexibility index (Phi) is 4.26. The van der Waals surface area contributed by atoms with Gasteiger partial charge < -0.3 is 9.80 Å². The van der Waals surface area contributed by atoms with Gasteiger partial charge >= 0.3 is 0 Å². The van der Waals surface area contributed by atoms with Crippen LogP contribution >= 0.6 is 0 Å². The third-order valence-electron chi connectivity index (χ3n) is 4.55. The fourth-order valence-electron chi connectivity index (χ4n) is 3.22. The highest BCUT2D eigenvalue weighted by molar-refractivity contribution is 5.94. The van der Waals surface area contributed by atoms with Crippen molar-refractivity contribution in [3.63, 3.8) is 0 Å². The van der Waals surface area contributed by atoms with Crippen LogP contribution in [0.4, 0.5) is 0 Å². The zero-order valence-electron chi connectivity index (χ0n) is 13.1. The van der Waals surface area contributed by atoms with E-state index in [2.05, 4.69) is 34.0 Å². The number of carbonyl (C=O) groups is 1. The summed E-state index contributed by atoms with van der Waals surface area (Å²) in [4.78, 5) is 19.3. The molecule has 6 nitrogen and oxygen atoms in total. The summed E-state index contributed by atoms with van der Waals surface area (Å²) in [6, 6.07) is 0. The Bertz CT molecular complexity index is 504. The number of nitrogens with zero attached hydrogens (tertiary/aromatic N) is 4. The summed E-state index contributed by atoms with van der Waals surface area (Å²) >= 11 is 0. The molecule has 0 saturated carbocycles. The number of fused-ring (bicyclic) bond motifs is 1. The molecule has 6 heteroatoms. The second-order valence-electron chi connectivity index (χ2n) is 6.15. The largest absolute Gasteiger partial charge is 0.335 e. The Morgan fingerprint density at radius 1 is 1.24 bits per heavy atom. The number of piperazine rings is 1. The molecule has 0 unspecified atom stereocenters. The number of likely N-dealkylation sites (N-methyl/N-ethyl adjacent to an activating group) is 1. The van der Waals surface area contributed by atoms with Gasteiger partial charge in [0, 0.05) is 44.8 Å². The number of hydrogen-bond acceptors (Lipinski definition) is 4. The number of aromatic amines is 1. The minimum atomic E-state index is 0.101. The van der Waals surface area contributed by atoms with E-state index >= 15 is 0 Å². The molecule has 2 aliphatic heterocycles. The van der Waals surface area contributed by atoms with Gasteiger partial charge in [-0.3, -0.25) is 14.8 Å². The molecule has 0 aliphatic carbocycles. The lowest BCUT2D eigenvalue weighted by atomic mass is 10.0. The predicted molar refractivity (Wildman–Crippen MR) is 81.3 cm³/mol. The maximum absolute atomic E-state index is 12.7. The van der Waals surface area contributed by atoms with E-state index in [1.54, 1.807) is 0 Å². The molecule has 1 amide bonds. The van der Waals surface area contributed by atoms with Crippen molar-refractivity contribution >= 4 is 5.91 Å². The van der Waals surface area contributed by atoms with Gasteiger partial charge in [-0.2, -0.15) is 5.10 Å². The zero-order chi connectivity index (χ0) is 14.8. The van der Waals surface area contributed by atoms with E-state index < -0.39 is 0 Å². The van der Waals surface area contributed by atoms with Crippen LogP contribution in [0, 0.1) is 0 Å². The van der Waals surface area contributed by atoms with Gasteiger partial charge in [-0.15, -0.1) is 0 Å². The van der Waals surface area contributed by atoms with E-state index in [-0.39, 0.29) is 5.91 Å². The summed E-state index contributed by atoms with van der Waals surface area (Å²) in [6.07, 6.45) is 2.09. The summed E-state index contributed by atoms with van der Waals surface area (Å²) in [7, 11) is 2.10. The molecule has 0 atom stereocenters. The molecule has 2 aliphatic rings. The second-order valence-corrected chi connectivity index (χ2v) is 6.15. The first-order valence-corrected chi connectivity index (χ1v) is 7.95. The third kappa shape index (κ3) is 2.96. The minimum absolute atomic E-state index is 0.101. The number of nitrogens with one attached hydrogen (secondary N) is 1. The standard InChI is InChI=1S/C15H25N5O/c1-3-5-19-6-4-12-13(11-19)16-17-14(12)15(21)20-9-7-18(2)8-10-20/h3-11H2,1-2H3,(H,16,17). The smallest absolute Gasteiger partial charge is 0.274 e. The Hall–Kier alpha value is -1.40. The van der Waals surface area contributed by atoms with E-state index in [4.69, 9.17) is 0 Å². The number of aromatic nitrogens is 2. The summed E-state index contributed by atoms with van der Waals surface area (Å²) in [5.41, 5.74) is 2.93. The molecule has 1 aromatic rings. The Morgan fingerprint density at radius 3 is 2.71 bits per heavy atom. The van der Waals surface area contributed by atoms with Crippen molar-refractivity contribution in [2.75, 3.05) is 46.3 Å². The zero-order valence-corrected chi connectivity index (χ0v) is 13.1. The van der Waals surface area contributed by atoms with Crippen LogP contribution < -0.4 is 0 Å². The summed E-state index contributed by atoms with van der Waals surface area (Å²) in [6.45, 7) is 8.74. The van der Waals surface area contributed by atoms with Crippen LogP contribution in [0.15, 0.2) is 0 Å². The number of amides is 1. The molecule has 0 bridgehead atoms. The average Bonchev–Trinajstić information content (AvgIpc) is 2.91. The number of hydrogen-bond donors (Lipinski definition) is 1. The van der Waals surface area contributed by atoms with Gasteiger partial charge in [0.05, 0.1) is 5.69 Å². The van der Waals surface area contributed by atoms with E-state index in [1.807, 2.05) is 4.90 Å². The summed E-state index contributed by atoms with van der Waals surface area (Å²) in [5.74, 6) is 0.101. The maximum atomic E-state index is 12.7. The van der Waals surface area contributed by atoms with E-state index in [0.29, 0.717) is 5.69 Å². The predicted octanol–water partition coefficient (Wildman–Crippen LogP) is 0.565. The van der Waals surface area contributed by atoms with Gasteiger partial charge in [-0.1, -0.05) is 6.92 Å². The highest BCUT2D eigenvalue weighted by atomic mass is 16.2. The number of H-pyrrole nitrogens is 1. The first-order valence-electron chi connectivity index (χ1n) is 7.95. The molecule has 116 valence electrons. The first kappa shape index (κ1) is 14.5. The van der Waals surface area contributed by atoms with E-state index in [1.165, 1.54) is 0 Å². The van der Waals surface area contributed by atoms with E-state index in [0.717, 1.165) is 69.9 Å². The lowest BCUT2D eigenvalue weighted by Gasteiger charge is -2.32. The molecule has 1 saturated heterocycles. The van der Waals surface area contributed by atoms with Gasteiger partial charge in [0.15, 0.2) is 5.69 Å². The van der Waals surface area contributed by atoms with Gasteiger partial charge in [0.2, 0.25) is 0 Å². The summed E-state index contributed by atoms with van der Waals surface area (Å²) < 4.78 is 0. The van der Waals surface area contributed by atoms with Crippen LogP contribution in [0.25, 0.3) is 0 Å². The van der Waals surface area contributed by atoms with Crippen LogP contribution in [-0.4, -0.2) is 77.1 Å². The second kappa shape index (κ2) is 6.15. The van der Waals surface area contributed by atoms with Crippen LogP contribution in [0.2, 0.25) is 0 Å². The quantitative estimate of drug-likeness (QED) is 0.884. The highest BCUT2D eigenvalue weighted by Gasteiger charge is 2.28. The van der Waals surface area contributed by atoms with Crippen LogP contribution in [0.1, 0.15) is 35.1 Å². The molecule has 0 aromatic carbocycles. The van der Waals surface area contributed by atoms with Crippen molar-refractivity contribution in [2.24, 2.45) is 0 Å². The van der Waals surface area contributed by atoms with Crippen LogP contribution in [0.5, 0.6) is 0 Å². The number of rotatable bonds is 3.